The molecule has 0 amide bonds. The predicted octanol–water partition coefficient (Wildman–Crippen LogP) is 2.09. The zero-order valence-corrected chi connectivity index (χ0v) is 10.5. The van der Waals surface area contributed by atoms with E-state index in [-0.39, 0.29) is 6.61 Å². The quantitative estimate of drug-likeness (QED) is 0.659. The summed E-state index contributed by atoms with van der Waals surface area (Å²) in [6.07, 6.45) is 0.870. The Morgan fingerprint density at radius 2 is 2.18 bits per heavy atom. The number of nitrogens with zero attached hydrogens (tertiary/aromatic N) is 1. The second kappa shape index (κ2) is 6.51. The summed E-state index contributed by atoms with van der Waals surface area (Å²) in [6.45, 7) is 1.17. The second-order valence-corrected chi connectivity index (χ2v) is 4.94. The molecule has 0 radical (unpaired) electrons. The molecule has 0 spiro atoms. The highest BCUT2D eigenvalue weighted by Gasteiger charge is 2.00. The van der Waals surface area contributed by atoms with E-state index in [9.17, 15) is 0 Å². The number of thioether (sulfide) groups is 1. The third-order valence-electron chi connectivity index (χ3n) is 2.38. The van der Waals surface area contributed by atoms with Gasteiger partial charge in [-0.05, 0) is 24.3 Å². The molecule has 3 N–H and O–H groups in total. The van der Waals surface area contributed by atoms with Crippen molar-refractivity contribution in [3.05, 3.63) is 24.3 Å². The number of aromatic nitrogens is 2. The zero-order valence-electron chi connectivity index (χ0n) is 9.65. The molecule has 92 valence electrons. The summed E-state index contributed by atoms with van der Waals surface area (Å²) in [4.78, 5) is 7.66. The van der Waals surface area contributed by atoms with Crippen LogP contribution in [0.2, 0.25) is 0 Å². The lowest BCUT2D eigenvalue weighted by Crippen LogP contribution is -2.05. The Morgan fingerprint density at radius 1 is 1.29 bits per heavy atom. The molecule has 0 unspecified atom stereocenters. The van der Waals surface area contributed by atoms with Crippen LogP contribution in [0.15, 0.2) is 24.3 Å². The summed E-state index contributed by atoms with van der Waals surface area (Å²) in [6, 6.07) is 7.99. The third kappa shape index (κ3) is 3.64. The molecule has 2 aromatic rings. The highest BCUT2D eigenvalue weighted by molar-refractivity contribution is 7.99. The van der Waals surface area contributed by atoms with E-state index in [4.69, 9.17) is 5.11 Å². The lowest BCUT2D eigenvalue weighted by molar-refractivity contribution is 0.296. The van der Waals surface area contributed by atoms with Crippen LogP contribution in [-0.2, 0) is 0 Å². The molecule has 0 saturated carbocycles. The average Bonchev–Trinajstić information content (AvgIpc) is 2.76. The van der Waals surface area contributed by atoms with E-state index in [1.165, 1.54) is 0 Å². The molecular weight excluding hydrogens is 234 g/mol. The van der Waals surface area contributed by atoms with Gasteiger partial charge in [0.1, 0.15) is 0 Å². The summed E-state index contributed by atoms with van der Waals surface area (Å²) >= 11 is 1.84. The van der Waals surface area contributed by atoms with E-state index in [0.29, 0.717) is 0 Å². The SMILES string of the molecule is OCCCSCCNc1nc2ccccc2[nH]1. The van der Waals surface area contributed by atoms with Crippen molar-refractivity contribution in [2.24, 2.45) is 0 Å². The molecule has 0 saturated heterocycles. The molecule has 4 nitrogen and oxygen atoms in total. The lowest BCUT2D eigenvalue weighted by Gasteiger charge is -2.01. The second-order valence-electron chi connectivity index (χ2n) is 3.72. The molecule has 1 aromatic heterocycles. The first-order valence-electron chi connectivity index (χ1n) is 5.77. The van der Waals surface area contributed by atoms with Gasteiger partial charge in [0.2, 0.25) is 5.95 Å². The first-order chi connectivity index (χ1) is 8.40. The van der Waals surface area contributed by atoms with Gasteiger partial charge in [0, 0.05) is 18.9 Å². The molecule has 0 aliphatic rings. The smallest absolute Gasteiger partial charge is 0.201 e. The van der Waals surface area contributed by atoms with E-state index >= 15 is 0 Å². The molecule has 0 fully saturated rings. The van der Waals surface area contributed by atoms with Gasteiger partial charge >= 0.3 is 0 Å². The van der Waals surface area contributed by atoms with Crippen molar-refractivity contribution >= 4 is 28.7 Å². The molecular formula is C12H17N3OS. The van der Waals surface area contributed by atoms with E-state index < -0.39 is 0 Å². The van der Waals surface area contributed by atoms with Crippen LogP contribution in [0.1, 0.15) is 6.42 Å². The fourth-order valence-corrected chi connectivity index (χ4v) is 2.33. The first kappa shape index (κ1) is 12.3. The maximum Gasteiger partial charge on any atom is 0.201 e. The summed E-state index contributed by atoms with van der Waals surface area (Å²) < 4.78 is 0. The molecule has 17 heavy (non-hydrogen) atoms. The minimum absolute atomic E-state index is 0.282. The van der Waals surface area contributed by atoms with Crippen molar-refractivity contribution in [2.45, 2.75) is 6.42 Å². The van der Waals surface area contributed by atoms with Gasteiger partial charge in [-0.25, -0.2) is 4.98 Å². The van der Waals surface area contributed by atoms with Crippen molar-refractivity contribution in [1.29, 1.82) is 0 Å². The number of hydrogen-bond donors (Lipinski definition) is 3. The molecule has 2 rings (SSSR count). The van der Waals surface area contributed by atoms with Crippen LogP contribution in [0.4, 0.5) is 5.95 Å². The molecule has 0 aliphatic heterocycles. The highest BCUT2D eigenvalue weighted by atomic mass is 32.2. The van der Waals surface area contributed by atoms with Gasteiger partial charge in [-0.15, -0.1) is 0 Å². The van der Waals surface area contributed by atoms with Crippen LogP contribution < -0.4 is 5.32 Å². The highest BCUT2D eigenvalue weighted by Crippen LogP contribution is 2.13. The van der Waals surface area contributed by atoms with Gasteiger partial charge in [-0.2, -0.15) is 11.8 Å². The number of aliphatic hydroxyl groups is 1. The fourth-order valence-electron chi connectivity index (χ4n) is 1.55. The Labute approximate surface area is 105 Å². The average molecular weight is 251 g/mol. The maximum absolute atomic E-state index is 8.64. The monoisotopic (exact) mass is 251 g/mol. The number of fused-ring (bicyclic) bond motifs is 1. The van der Waals surface area contributed by atoms with Crippen molar-refractivity contribution in [3.63, 3.8) is 0 Å². The Bertz CT molecular complexity index is 425. The molecule has 1 aromatic carbocycles. The molecule has 5 heteroatoms. The fraction of sp³-hybridized carbons (Fsp3) is 0.417. The maximum atomic E-state index is 8.64. The Balaban J connectivity index is 1.75. The summed E-state index contributed by atoms with van der Waals surface area (Å²) in [7, 11) is 0. The third-order valence-corrected chi connectivity index (χ3v) is 3.45. The minimum atomic E-state index is 0.282. The summed E-state index contributed by atoms with van der Waals surface area (Å²) in [5, 5.41) is 11.9. The van der Waals surface area contributed by atoms with Gasteiger partial charge in [0.25, 0.3) is 0 Å². The van der Waals surface area contributed by atoms with Gasteiger partial charge in [0.05, 0.1) is 11.0 Å². The molecule has 1 heterocycles. The first-order valence-corrected chi connectivity index (χ1v) is 6.93. The Kier molecular flexibility index (Phi) is 4.70. The van der Waals surface area contributed by atoms with Crippen molar-refractivity contribution in [2.75, 3.05) is 30.0 Å². The molecule has 0 aliphatic carbocycles. The Hall–Kier alpha value is -1.20. The van der Waals surface area contributed by atoms with Crippen molar-refractivity contribution in [3.8, 4) is 0 Å². The van der Waals surface area contributed by atoms with Gasteiger partial charge in [-0.1, -0.05) is 12.1 Å². The van der Waals surface area contributed by atoms with Gasteiger partial charge in [-0.3, -0.25) is 0 Å². The topological polar surface area (TPSA) is 60.9 Å². The normalized spacial score (nSPS) is 10.9. The number of rotatable bonds is 7. The summed E-state index contributed by atoms with van der Waals surface area (Å²) in [5.41, 5.74) is 2.05. The Morgan fingerprint density at radius 3 is 3.00 bits per heavy atom. The van der Waals surface area contributed by atoms with Crippen LogP contribution >= 0.6 is 11.8 Å². The van der Waals surface area contributed by atoms with E-state index in [1.807, 2.05) is 36.0 Å². The van der Waals surface area contributed by atoms with Gasteiger partial charge < -0.3 is 15.4 Å². The number of aliphatic hydroxyl groups excluding tert-OH is 1. The van der Waals surface area contributed by atoms with E-state index in [2.05, 4.69) is 15.3 Å². The number of hydrogen-bond acceptors (Lipinski definition) is 4. The lowest BCUT2D eigenvalue weighted by atomic mass is 10.3. The van der Waals surface area contributed by atoms with Crippen molar-refractivity contribution < 1.29 is 5.11 Å². The molecule has 0 bridgehead atoms. The van der Waals surface area contributed by atoms with Crippen LogP contribution in [0, 0.1) is 0 Å². The number of para-hydroxylation sites is 2. The number of anilines is 1. The van der Waals surface area contributed by atoms with Crippen LogP contribution in [0.5, 0.6) is 0 Å². The predicted molar refractivity (Wildman–Crippen MR) is 73.6 cm³/mol. The van der Waals surface area contributed by atoms with Crippen LogP contribution in [0.3, 0.4) is 0 Å². The molecule has 0 atom stereocenters. The van der Waals surface area contributed by atoms with Crippen LogP contribution in [-0.4, -0.2) is 39.7 Å². The standard InChI is InChI=1S/C12H17N3OS/c16-7-3-8-17-9-6-13-12-14-10-4-1-2-5-11(10)15-12/h1-2,4-5,16H,3,6-9H2,(H2,13,14,15). The minimum Gasteiger partial charge on any atom is -0.396 e. The zero-order chi connectivity index (χ0) is 11.9. The van der Waals surface area contributed by atoms with Crippen LogP contribution in [0.25, 0.3) is 11.0 Å². The van der Waals surface area contributed by atoms with E-state index in [0.717, 1.165) is 41.5 Å². The summed E-state index contributed by atoms with van der Waals surface area (Å²) in [5.74, 6) is 2.86. The number of H-pyrrole nitrogens is 1. The number of benzene rings is 1. The van der Waals surface area contributed by atoms with Gasteiger partial charge in [0.15, 0.2) is 0 Å². The number of aromatic amines is 1. The largest absolute Gasteiger partial charge is 0.396 e. The van der Waals surface area contributed by atoms with E-state index in [1.54, 1.807) is 0 Å². The number of nitrogens with one attached hydrogen (secondary N) is 2. The van der Waals surface area contributed by atoms with Crippen molar-refractivity contribution in [1.82, 2.24) is 9.97 Å². The number of imidazole rings is 1.